The van der Waals surface area contributed by atoms with E-state index in [0.717, 1.165) is 32.1 Å². The van der Waals surface area contributed by atoms with Gasteiger partial charge in [0.2, 0.25) is 0 Å². The Bertz CT molecular complexity index is 317. The van der Waals surface area contributed by atoms with Crippen molar-refractivity contribution in [2.24, 2.45) is 11.8 Å². The molecule has 2 atom stereocenters. The maximum absolute atomic E-state index is 12.2. The maximum Gasteiger partial charge on any atom is 0.143 e. The van der Waals surface area contributed by atoms with Crippen molar-refractivity contribution in [3.05, 3.63) is 12.2 Å². The molecule has 1 rings (SSSR count). The molecular weight excluding hydrogens is 236 g/mol. The van der Waals surface area contributed by atoms with Crippen LogP contribution >= 0.6 is 0 Å². The summed E-state index contributed by atoms with van der Waals surface area (Å²) in [7, 11) is 0. The summed E-state index contributed by atoms with van der Waals surface area (Å²) in [4.78, 5) is 23.8. The molecule has 0 radical (unpaired) electrons. The van der Waals surface area contributed by atoms with Crippen molar-refractivity contribution in [3.8, 4) is 0 Å². The highest BCUT2D eigenvalue weighted by Gasteiger charge is 2.23. The van der Waals surface area contributed by atoms with Crippen LogP contribution in [-0.2, 0) is 9.59 Å². The lowest BCUT2D eigenvalue weighted by atomic mass is 9.87. The van der Waals surface area contributed by atoms with E-state index >= 15 is 0 Å². The number of hydrogen-bond acceptors (Lipinski definition) is 2. The molecular formula is C17H28O2. The Morgan fingerprint density at radius 2 is 1.79 bits per heavy atom. The average molecular weight is 264 g/mol. The first-order chi connectivity index (χ1) is 9.11. The quantitative estimate of drug-likeness (QED) is 0.517. The summed E-state index contributed by atoms with van der Waals surface area (Å²) >= 11 is 0. The highest BCUT2D eigenvalue weighted by Crippen LogP contribution is 2.20. The third-order valence-corrected chi connectivity index (χ3v) is 4.00. The fourth-order valence-corrected chi connectivity index (χ4v) is 2.75. The van der Waals surface area contributed by atoms with Gasteiger partial charge in [0.25, 0.3) is 0 Å². The Morgan fingerprint density at radius 1 is 1.11 bits per heavy atom. The second-order valence-electron chi connectivity index (χ2n) is 5.99. The van der Waals surface area contributed by atoms with Gasteiger partial charge in [0.15, 0.2) is 0 Å². The first-order valence-electron chi connectivity index (χ1n) is 7.79. The topological polar surface area (TPSA) is 34.1 Å². The Hall–Kier alpha value is -0.920. The summed E-state index contributed by atoms with van der Waals surface area (Å²) in [5, 5.41) is 0. The number of carbonyl (C=O) groups is 2. The second kappa shape index (κ2) is 9.06. The molecule has 0 spiro atoms. The monoisotopic (exact) mass is 264 g/mol. The zero-order valence-corrected chi connectivity index (χ0v) is 12.5. The van der Waals surface area contributed by atoms with E-state index < -0.39 is 0 Å². The van der Waals surface area contributed by atoms with Gasteiger partial charge < -0.3 is 0 Å². The molecule has 0 aliphatic heterocycles. The van der Waals surface area contributed by atoms with Gasteiger partial charge in [-0.2, -0.15) is 0 Å². The normalized spacial score (nSPS) is 27.8. The largest absolute Gasteiger partial charge is 0.299 e. The van der Waals surface area contributed by atoms with Crippen LogP contribution in [0.2, 0.25) is 0 Å². The molecule has 0 N–H and O–H groups in total. The van der Waals surface area contributed by atoms with Gasteiger partial charge in [-0.05, 0) is 38.5 Å². The summed E-state index contributed by atoms with van der Waals surface area (Å²) in [6, 6.07) is 0. The predicted molar refractivity (Wildman–Crippen MR) is 79.0 cm³/mol. The molecule has 19 heavy (non-hydrogen) atoms. The van der Waals surface area contributed by atoms with Gasteiger partial charge in [-0.3, -0.25) is 9.59 Å². The molecule has 2 heteroatoms. The van der Waals surface area contributed by atoms with Gasteiger partial charge in [0, 0.05) is 6.42 Å². The fourth-order valence-electron chi connectivity index (χ4n) is 2.75. The van der Waals surface area contributed by atoms with Gasteiger partial charge >= 0.3 is 0 Å². The molecule has 0 heterocycles. The third-order valence-electron chi connectivity index (χ3n) is 4.00. The molecule has 0 saturated heterocycles. The van der Waals surface area contributed by atoms with Crippen LogP contribution in [0.15, 0.2) is 12.2 Å². The van der Waals surface area contributed by atoms with Crippen LogP contribution in [-0.4, -0.2) is 11.6 Å². The van der Waals surface area contributed by atoms with Crippen molar-refractivity contribution in [2.45, 2.75) is 71.6 Å². The summed E-state index contributed by atoms with van der Waals surface area (Å²) < 4.78 is 0. The molecule has 2 nitrogen and oxygen atoms in total. The van der Waals surface area contributed by atoms with Crippen LogP contribution in [0.4, 0.5) is 0 Å². The second-order valence-corrected chi connectivity index (χ2v) is 5.99. The van der Waals surface area contributed by atoms with Crippen molar-refractivity contribution in [1.82, 2.24) is 0 Å². The van der Waals surface area contributed by atoms with Gasteiger partial charge in [0.05, 0.1) is 5.92 Å². The molecule has 0 aromatic heterocycles. The number of rotatable bonds is 1. The number of carbonyl (C=O) groups excluding carboxylic acids is 2. The zero-order valence-electron chi connectivity index (χ0n) is 12.5. The van der Waals surface area contributed by atoms with Crippen LogP contribution in [0.25, 0.3) is 0 Å². The van der Waals surface area contributed by atoms with Gasteiger partial charge in [-0.25, -0.2) is 0 Å². The molecule has 2 unspecified atom stereocenters. The standard InChI is InChI=1S/C17H28O2/c1-14-11-9-7-5-3-4-6-8-10-12-16(15(2)18)17(19)13-14/h7,9,14,16H,3-6,8,10-13H2,1-2H3. The molecule has 108 valence electrons. The summed E-state index contributed by atoms with van der Waals surface area (Å²) in [5.41, 5.74) is 0. The Kier molecular flexibility index (Phi) is 7.69. The van der Waals surface area contributed by atoms with Crippen molar-refractivity contribution < 1.29 is 9.59 Å². The van der Waals surface area contributed by atoms with E-state index in [1.807, 2.05) is 0 Å². The highest BCUT2D eigenvalue weighted by atomic mass is 16.1. The van der Waals surface area contributed by atoms with Crippen molar-refractivity contribution in [3.63, 3.8) is 0 Å². The van der Waals surface area contributed by atoms with Crippen molar-refractivity contribution in [1.29, 1.82) is 0 Å². The Morgan fingerprint density at radius 3 is 2.53 bits per heavy atom. The Balaban J connectivity index is 2.60. The smallest absolute Gasteiger partial charge is 0.143 e. The molecule has 0 bridgehead atoms. The molecule has 0 aromatic carbocycles. The predicted octanol–water partition coefficient (Wildman–Crippen LogP) is 4.48. The lowest BCUT2D eigenvalue weighted by Crippen LogP contribution is -2.23. The van der Waals surface area contributed by atoms with Gasteiger partial charge in [-0.15, -0.1) is 0 Å². The highest BCUT2D eigenvalue weighted by molar-refractivity contribution is 6.01. The molecule has 1 aliphatic carbocycles. The minimum atomic E-state index is -0.339. The van der Waals surface area contributed by atoms with E-state index in [1.54, 1.807) is 6.92 Å². The van der Waals surface area contributed by atoms with E-state index in [-0.39, 0.29) is 17.5 Å². The lowest BCUT2D eigenvalue weighted by molar-refractivity contribution is -0.132. The van der Waals surface area contributed by atoms with E-state index in [4.69, 9.17) is 0 Å². The number of ketones is 2. The number of allylic oxidation sites excluding steroid dienone is 2. The number of hydrogen-bond donors (Lipinski definition) is 0. The molecule has 0 amide bonds. The average Bonchev–Trinajstić information content (AvgIpc) is 2.34. The number of Topliss-reactive ketones (excluding diaryl/α,β-unsaturated/α-hetero) is 2. The van der Waals surface area contributed by atoms with E-state index in [0.29, 0.717) is 12.3 Å². The first kappa shape index (κ1) is 16.1. The van der Waals surface area contributed by atoms with Crippen LogP contribution in [0, 0.1) is 11.8 Å². The summed E-state index contributed by atoms with van der Waals surface area (Å²) in [5.74, 6) is 0.230. The fraction of sp³-hybridized carbons (Fsp3) is 0.765. The minimum Gasteiger partial charge on any atom is -0.299 e. The molecule has 0 aromatic rings. The van der Waals surface area contributed by atoms with Crippen LogP contribution in [0.3, 0.4) is 0 Å². The van der Waals surface area contributed by atoms with Crippen molar-refractivity contribution in [2.75, 3.05) is 0 Å². The molecule has 0 saturated carbocycles. The SMILES string of the molecule is CC(=O)C1CCCCCCCC=CCC(C)CC1=O. The molecule has 1 aliphatic rings. The van der Waals surface area contributed by atoms with Crippen LogP contribution < -0.4 is 0 Å². The lowest BCUT2D eigenvalue weighted by Gasteiger charge is -2.15. The molecule has 0 fully saturated rings. The van der Waals surface area contributed by atoms with Crippen molar-refractivity contribution >= 4 is 11.6 Å². The minimum absolute atomic E-state index is 0.0554. The summed E-state index contributed by atoms with van der Waals surface area (Å²) in [6.07, 6.45) is 13.8. The summed E-state index contributed by atoms with van der Waals surface area (Å²) in [6.45, 7) is 3.67. The third kappa shape index (κ3) is 6.70. The van der Waals surface area contributed by atoms with E-state index in [1.165, 1.54) is 19.3 Å². The van der Waals surface area contributed by atoms with E-state index in [2.05, 4.69) is 19.1 Å². The van der Waals surface area contributed by atoms with Crippen LogP contribution in [0.5, 0.6) is 0 Å². The zero-order chi connectivity index (χ0) is 14.1. The van der Waals surface area contributed by atoms with Crippen LogP contribution in [0.1, 0.15) is 71.6 Å². The van der Waals surface area contributed by atoms with Gasteiger partial charge in [0.1, 0.15) is 11.6 Å². The Labute approximate surface area is 117 Å². The van der Waals surface area contributed by atoms with Gasteiger partial charge in [-0.1, -0.05) is 44.8 Å². The first-order valence-corrected chi connectivity index (χ1v) is 7.79. The maximum atomic E-state index is 12.2. The van der Waals surface area contributed by atoms with E-state index in [9.17, 15) is 9.59 Å².